The second kappa shape index (κ2) is 7.66. The number of hydrogen-bond donors (Lipinski definition) is 0. The molecule has 0 aliphatic carbocycles. The Bertz CT molecular complexity index is 568. The zero-order chi connectivity index (χ0) is 15.9. The van der Waals surface area contributed by atoms with Gasteiger partial charge >= 0.3 is 0 Å². The van der Waals surface area contributed by atoms with Crippen LogP contribution in [0.3, 0.4) is 0 Å². The maximum absolute atomic E-state index is 12.2. The lowest BCUT2D eigenvalue weighted by atomic mass is 10.2. The van der Waals surface area contributed by atoms with Gasteiger partial charge in [-0.05, 0) is 26.0 Å². The molecule has 2 rings (SSSR count). The Labute approximate surface area is 130 Å². The van der Waals surface area contributed by atoms with Crippen LogP contribution >= 0.6 is 0 Å². The monoisotopic (exact) mass is 304 g/mol. The number of hydrogen-bond acceptors (Lipinski definition) is 5. The summed E-state index contributed by atoms with van der Waals surface area (Å²) < 4.78 is 16.4. The van der Waals surface area contributed by atoms with Gasteiger partial charge in [0.2, 0.25) is 0 Å². The van der Waals surface area contributed by atoms with Crippen LogP contribution < -0.4 is 9.47 Å². The van der Waals surface area contributed by atoms with Gasteiger partial charge in [-0.2, -0.15) is 5.26 Å². The molecule has 0 bridgehead atoms. The highest BCUT2D eigenvalue weighted by Crippen LogP contribution is 2.28. The van der Waals surface area contributed by atoms with E-state index in [4.69, 9.17) is 19.5 Å². The van der Waals surface area contributed by atoms with Crippen LogP contribution in [0.4, 0.5) is 0 Å². The summed E-state index contributed by atoms with van der Waals surface area (Å²) in [5.41, 5.74) is 0.490. The molecule has 1 amide bonds. The molecule has 1 aromatic carbocycles. The third-order valence-corrected chi connectivity index (χ3v) is 3.32. The van der Waals surface area contributed by atoms with Gasteiger partial charge in [0.25, 0.3) is 5.91 Å². The van der Waals surface area contributed by atoms with E-state index in [1.54, 1.807) is 23.1 Å². The normalized spacial score (nSPS) is 17.7. The molecule has 0 spiro atoms. The lowest BCUT2D eigenvalue weighted by molar-refractivity contribution is -0.140. The van der Waals surface area contributed by atoms with Crippen molar-refractivity contribution in [2.45, 2.75) is 20.0 Å². The van der Waals surface area contributed by atoms with Gasteiger partial charge in [0, 0.05) is 19.2 Å². The fraction of sp³-hybridized carbons (Fsp3) is 0.500. The first-order chi connectivity index (χ1) is 10.6. The van der Waals surface area contributed by atoms with Crippen molar-refractivity contribution in [2.24, 2.45) is 0 Å². The van der Waals surface area contributed by atoms with E-state index in [1.807, 2.05) is 19.9 Å². The molecule has 0 radical (unpaired) electrons. The van der Waals surface area contributed by atoms with Crippen LogP contribution in [0, 0.1) is 11.3 Å². The van der Waals surface area contributed by atoms with E-state index < -0.39 is 0 Å². The lowest BCUT2D eigenvalue weighted by Gasteiger charge is -2.31. The summed E-state index contributed by atoms with van der Waals surface area (Å²) in [5.74, 6) is 0.863. The number of amides is 1. The summed E-state index contributed by atoms with van der Waals surface area (Å²) in [6.45, 7) is 5.90. The first-order valence-electron chi connectivity index (χ1n) is 7.33. The highest BCUT2D eigenvalue weighted by molar-refractivity contribution is 5.78. The minimum Gasteiger partial charge on any atom is -0.490 e. The predicted octanol–water partition coefficient (Wildman–Crippen LogP) is 1.58. The van der Waals surface area contributed by atoms with Crippen LogP contribution in [-0.4, -0.2) is 49.8 Å². The van der Waals surface area contributed by atoms with Gasteiger partial charge in [-0.15, -0.1) is 0 Å². The van der Waals surface area contributed by atoms with E-state index in [-0.39, 0.29) is 18.6 Å². The summed E-state index contributed by atoms with van der Waals surface area (Å²) in [6.07, 6.45) is 0.0478. The Hall–Kier alpha value is -2.26. The van der Waals surface area contributed by atoms with Gasteiger partial charge in [0.15, 0.2) is 18.1 Å². The summed E-state index contributed by atoms with van der Waals surface area (Å²) in [4.78, 5) is 13.9. The number of ether oxygens (including phenoxy) is 3. The van der Waals surface area contributed by atoms with Gasteiger partial charge in [-0.25, -0.2) is 0 Å². The van der Waals surface area contributed by atoms with Crippen LogP contribution in [0.2, 0.25) is 0 Å². The molecule has 6 nitrogen and oxygen atoms in total. The largest absolute Gasteiger partial charge is 0.490 e. The van der Waals surface area contributed by atoms with E-state index in [0.717, 1.165) is 0 Å². The summed E-state index contributed by atoms with van der Waals surface area (Å²) in [7, 11) is 0. The minimum atomic E-state index is -0.0815. The summed E-state index contributed by atoms with van der Waals surface area (Å²) in [5, 5.41) is 8.92. The molecule has 1 fully saturated rings. The lowest BCUT2D eigenvalue weighted by Crippen LogP contribution is -2.46. The minimum absolute atomic E-state index is 0.0478. The predicted molar refractivity (Wildman–Crippen MR) is 79.8 cm³/mol. The molecule has 0 aromatic heterocycles. The number of carbonyl (C=O) groups is 1. The number of morpholine rings is 1. The number of benzene rings is 1. The Balaban J connectivity index is 1.98. The maximum atomic E-state index is 12.2. The molecule has 1 unspecified atom stereocenters. The Morgan fingerprint density at radius 2 is 2.27 bits per heavy atom. The van der Waals surface area contributed by atoms with Crippen molar-refractivity contribution in [1.29, 1.82) is 5.26 Å². The third kappa shape index (κ3) is 4.12. The quantitative estimate of drug-likeness (QED) is 0.826. The van der Waals surface area contributed by atoms with Crippen LogP contribution in [0.25, 0.3) is 0 Å². The van der Waals surface area contributed by atoms with Crippen molar-refractivity contribution in [2.75, 3.05) is 32.9 Å². The summed E-state index contributed by atoms with van der Waals surface area (Å²) >= 11 is 0. The van der Waals surface area contributed by atoms with Crippen LogP contribution in [0.15, 0.2) is 18.2 Å². The van der Waals surface area contributed by atoms with E-state index in [0.29, 0.717) is 43.4 Å². The Morgan fingerprint density at radius 3 is 2.95 bits per heavy atom. The SMILES string of the molecule is CCOc1cc(C#N)ccc1OCC(=O)N1CCOC(C)C1. The molecule has 1 saturated heterocycles. The van der Waals surface area contributed by atoms with E-state index >= 15 is 0 Å². The molecule has 22 heavy (non-hydrogen) atoms. The van der Waals surface area contributed by atoms with E-state index in [9.17, 15) is 4.79 Å². The molecule has 6 heteroatoms. The fourth-order valence-electron chi connectivity index (χ4n) is 2.24. The van der Waals surface area contributed by atoms with Crippen LogP contribution in [-0.2, 0) is 9.53 Å². The van der Waals surface area contributed by atoms with Gasteiger partial charge < -0.3 is 19.1 Å². The van der Waals surface area contributed by atoms with Crippen molar-refractivity contribution in [3.8, 4) is 17.6 Å². The van der Waals surface area contributed by atoms with Gasteiger partial charge in [0.05, 0.1) is 31.0 Å². The molecular formula is C16H20N2O4. The molecular weight excluding hydrogens is 284 g/mol. The second-order valence-corrected chi connectivity index (χ2v) is 5.02. The molecule has 118 valence electrons. The molecule has 0 saturated carbocycles. The first-order valence-corrected chi connectivity index (χ1v) is 7.33. The van der Waals surface area contributed by atoms with Crippen molar-refractivity contribution in [3.05, 3.63) is 23.8 Å². The number of nitrogens with zero attached hydrogens (tertiary/aromatic N) is 2. The standard InChI is InChI=1S/C16H20N2O4/c1-3-20-15-8-13(9-17)4-5-14(15)22-11-16(19)18-6-7-21-12(2)10-18/h4-5,8,12H,3,6-7,10-11H2,1-2H3. The average molecular weight is 304 g/mol. The number of nitriles is 1. The maximum Gasteiger partial charge on any atom is 0.260 e. The van der Waals surface area contributed by atoms with Crippen molar-refractivity contribution in [3.63, 3.8) is 0 Å². The zero-order valence-electron chi connectivity index (χ0n) is 12.9. The topological polar surface area (TPSA) is 71.8 Å². The first kappa shape index (κ1) is 16.1. The number of carbonyl (C=O) groups excluding carboxylic acids is 1. The Morgan fingerprint density at radius 1 is 1.45 bits per heavy atom. The van der Waals surface area contributed by atoms with Gasteiger partial charge in [0.1, 0.15) is 0 Å². The van der Waals surface area contributed by atoms with Gasteiger partial charge in [-0.3, -0.25) is 4.79 Å². The zero-order valence-corrected chi connectivity index (χ0v) is 12.9. The smallest absolute Gasteiger partial charge is 0.260 e. The van der Waals surface area contributed by atoms with Crippen molar-refractivity contribution < 1.29 is 19.0 Å². The van der Waals surface area contributed by atoms with E-state index in [2.05, 4.69) is 0 Å². The fourth-order valence-corrected chi connectivity index (χ4v) is 2.24. The Kier molecular flexibility index (Phi) is 5.61. The van der Waals surface area contributed by atoms with Crippen molar-refractivity contribution >= 4 is 5.91 Å². The van der Waals surface area contributed by atoms with Crippen LogP contribution in [0.5, 0.6) is 11.5 Å². The van der Waals surface area contributed by atoms with E-state index in [1.165, 1.54) is 0 Å². The molecule has 1 atom stereocenters. The van der Waals surface area contributed by atoms with Gasteiger partial charge in [-0.1, -0.05) is 0 Å². The number of rotatable bonds is 5. The molecule has 0 N–H and O–H groups in total. The molecule has 1 aliphatic heterocycles. The highest BCUT2D eigenvalue weighted by Gasteiger charge is 2.22. The third-order valence-electron chi connectivity index (χ3n) is 3.32. The van der Waals surface area contributed by atoms with Crippen LogP contribution in [0.1, 0.15) is 19.4 Å². The molecule has 1 aliphatic rings. The average Bonchev–Trinajstić information content (AvgIpc) is 2.53. The summed E-state index contributed by atoms with van der Waals surface area (Å²) in [6, 6.07) is 6.95. The molecule has 1 aromatic rings. The molecule has 1 heterocycles. The highest BCUT2D eigenvalue weighted by atomic mass is 16.5. The van der Waals surface area contributed by atoms with Crippen molar-refractivity contribution in [1.82, 2.24) is 4.90 Å². The second-order valence-electron chi connectivity index (χ2n) is 5.02.